The Morgan fingerprint density at radius 2 is 1.72 bits per heavy atom. The standard InChI is InChI=1S/C16H14FN/c1-11-3-5-12(6-4-11)15-10-18(2)16-8-7-13(17)9-14(15)16/h3-10H,1-2H3. The van der Waals surface area contributed by atoms with Crippen LogP contribution in [-0.2, 0) is 7.05 Å². The SMILES string of the molecule is Cc1ccc(-c2cn(C)c3ccc(F)cc23)cc1. The Hall–Kier alpha value is -2.09. The average Bonchev–Trinajstić information content (AvgIpc) is 2.67. The van der Waals surface area contributed by atoms with Crippen molar-refractivity contribution in [2.24, 2.45) is 7.05 Å². The number of benzene rings is 2. The highest BCUT2D eigenvalue weighted by atomic mass is 19.1. The van der Waals surface area contributed by atoms with Crippen molar-refractivity contribution in [2.45, 2.75) is 6.92 Å². The van der Waals surface area contributed by atoms with Gasteiger partial charge in [-0.2, -0.15) is 0 Å². The molecule has 2 aromatic carbocycles. The fourth-order valence-electron chi connectivity index (χ4n) is 2.33. The molecule has 0 saturated heterocycles. The van der Waals surface area contributed by atoms with Gasteiger partial charge in [-0.1, -0.05) is 29.8 Å². The third-order valence-electron chi connectivity index (χ3n) is 3.31. The van der Waals surface area contributed by atoms with Gasteiger partial charge in [0.05, 0.1) is 0 Å². The van der Waals surface area contributed by atoms with Gasteiger partial charge in [0, 0.05) is 29.7 Å². The molecule has 0 bridgehead atoms. The quantitative estimate of drug-likeness (QED) is 0.597. The molecule has 0 radical (unpaired) electrons. The van der Waals surface area contributed by atoms with Crippen LogP contribution < -0.4 is 0 Å². The third-order valence-corrected chi connectivity index (χ3v) is 3.31. The van der Waals surface area contributed by atoms with E-state index in [0.717, 1.165) is 22.0 Å². The first-order chi connectivity index (χ1) is 8.65. The predicted octanol–water partition coefficient (Wildman–Crippen LogP) is 4.29. The summed E-state index contributed by atoms with van der Waals surface area (Å²) in [4.78, 5) is 0. The lowest BCUT2D eigenvalue weighted by molar-refractivity contribution is 0.629. The Balaban J connectivity index is 2.28. The van der Waals surface area contributed by atoms with Crippen LogP contribution in [0.15, 0.2) is 48.7 Å². The summed E-state index contributed by atoms with van der Waals surface area (Å²) in [7, 11) is 1.98. The molecule has 0 amide bonds. The summed E-state index contributed by atoms with van der Waals surface area (Å²) in [6.45, 7) is 2.06. The van der Waals surface area contributed by atoms with E-state index in [2.05, 4.69) is 37.4 Å². The monoisotopic (exact) mass is 239 g/mol. The Bertz CT molecular complexity index is 708. The molecular formula is C16H14FN. The van der Waals surface area contributed by atoms with Crippen molar-refractivity contribution < 1.29 is 4.39 Å². The van der Waals surface area contributed by atoms with Gasteiger partial charge in [-0.15, -0.1) is 0 Å². The van der Waals surface area contributed by atoms with E-state index < -0.39 is 0 Å². The Morgan fingerprint density at radius 3 is 2.44 bits per heavy atom. The Labute approximate surface area is 105 Å². The molecule has 1 aromatic heterocycles. The zero-order valence-electron chi connectivity index (χ0n) is 10.4. The average molecular weight is 239 g/mol. The van der Waals surface area contributed by atoms with Gasteiger partial charge in [-0.05, 0) is 30.7 Å². The van der Waals surface area contributed by atoms with E-state index in [1.807, 2.05) is 17.7 Å². The van der Waals surface area contributed by atoms with Crippen molar-refractivity contribution in [1.82, 2.24) is 4.57 Å². The van der Waals surface area contributed by atoms with Crippen LogP contribution in [0.4, 0.5) is 4.39 Å². The molecular weight excluding hydrogens is 225 g/mol. The number of hydrogen-bond acceptors (Lipinski definition) is 0. The zero-order chi connectivity index (χ0) is 12.7. The van der Waals surface area contributed by atoms with Gasteiger partial charge >= 0.3 is 0 Å². The van der Waals surface area contributed by atoms with Gasteiger partial charge in [0.15, 0.2) is 0 Å². The molecule has 0 fully saturated rings. The molecule has 0 saturated carbocycles. The van der Waals surface area contributed by atoms with Crippen molar-refractivity contribution in [3.05, 3.63) is 60.0 Å². The number of aromatic nitrogens is 1. The maximum Gasteiger partial charge on any atom is 0.123 e. The van der Waals surface area contributed by atoms with Crippen LogP contribution in [0.3, 0.4) is 0 Å². The molecule has 0 atom stereocenters. The highest BCUT2D eigenvalue weighted by Gasteiger charge is 2.09. The van der Waals surface area contributed by atoms with Gasteiger partial charge in [-0.3, -0.25) is 0 Å². The van der Waals surface area contributed by atoms with Crippen LogP contribution >= 0.6 is 0 Å². The van der Waals surface area contributed by atoms with Gasteiger partial charge in [0.1, 0.15) is 5.82 Å². The van der Waals surface area contributed by atoms with Crippen LogP contribution in [0.1, 0.15) is 5.56 Å². The first kappa shape index (κ1) is 11.0. The second kappa shape index (κ2) is 3.98. The van der Waals surface area contributed by atoms with Gasteiger partial charge in [0.25, 0.3) is 0 Å². The van der Waals surface area contributed by atoms with E-state index in [1.54, 1.807) is 6.07 Å². The Morgan fingerprint density at radius 1 is 1.00 bits per heavy atom. The fourth-order valence-corrected chi connectivity index (χ4v) is 2.33. The molecule has 3 rings (SSSR count). The lowest BCUT2D eigenvalue weighted by atomic mass is 10.0. The summed E-state index contributed by atoms with van der Waals surface area (Å²) in [6, 6.07) is 13.2. The lowest BCUT2D eigenvalue weighted by Crippen LogP contribution is -1.83. The summed E-state index contributed by atoms with van der Waals surface area (Å²) in [5.74, 6) is -0.193. The Kier molecular flexibility index (Phi) is 2.44. The number of rotatable bonds is 1. The number of halogens is 1. The van der Waals surface area contributed by atoms with Gasteiger partial charge < -0.3 is 4.57 Å². The largest absolute Gasteiger partial charge is 0.350 e. The van der Waals surface area contributed by atoms with Crippen LogP contribution in [0, 0.1) is 12.7 Å². The van der Waals surface area contributed by atoms with E-state index >= 15 is 0 Å². The first-order valence-corrected chi connectivity index (χ1v) is 5.97. The molecule has 0 unspecified atom stereocenters. The second-order valence-corrected chi connectivity index (χ2v) is 4.68. The van der Waals surface area contributed by atoms with Crippen LogP contribution in [0.2, 0.25) is 0 Å². The van der Waals surface area contributed by atoms with Crippen LogP contribution in [-0.4, -0.2) is 4.57 Å². The summed E-state index contributed by atoms with van der Waals surface area (Å²) in [6.07, 6.45) is 2.05. The maximum absolute atomic E-state index is 13.4. The van der Waals surface area contributed by atoms with E-state index in [0.29, 0.717) is 0 Å². The zero-order valence-corrected chi connectivity index (χ0v) is 10.4. The molecule has 90 valence electrons. The number of nitrogens with zero attached hydrogens (tertiary/aromatic N) is 1. The van der Waals surface area contributed by atoms with Crippen LogP contribution in [0.5, 0.6) is 0 Å². The smallest absolute Gasteiger partial charge is 0.123 e. The summed E-state index contributed by atoms with van der Waals surface area (Å²) < 4.78 is 15.4. The van der Waals surface area contributed by atoms with Crippen molar-refractivity contribution in [2.75, 3.05) is 0 Å². The van der Waals surface area contributed by atoms with E-state index in [4.69, 9.17) is 0 Å². The molecule has 1 heterocycles. The first-order valence-electron chi connectivity index (χ1n) is 5.97. The normalized spacial score (nSPS) is 11.1. The van der Waals surface area contributed by atoms with Crippen LogP contribution in [0.25, 0.3) is 22.0 Å². The molecule has 18 heavy (non-hydrogen) atoms. The molecule has 0 spiro atoms. The van der Waals surface area contributed by atoms with Crippen molar-refractivity contribution in [3.8, 4) is 11.1 Å². The fraction of sp³-hybridized carbons (Fsp3) is 0.125. The summed E-state index contributed by atoms with van der Waals surface area (Å²) in [5.41, 5.74) is 4.47. The molecule has 2 heteroatoms. The molecule has 0 aliphatic rings. The minimum Gasteiger partial charge on any atom is -0.350 e. The third kappa shape index (κ3) is 1.70. The minimum atomic E-state index is -0.193. The maximum atomic E-state index is 13.4. The van der Waals surface area contributed by atoms with Crippen molar-refractivity contribution in [1.29, 1.82) is 0 Å². The highest BCUT2D eigenvalue weighted by Crippen LogP contribution is 2.30. The number of hydrogen-bond donors (Lipinski definition) is 0. The van der Waals surface area contributed by atoms with E-state index in [9.17, 15) is 4.39 Å². The molecule has 0 aliphatic carbocycles. The topological polar surface area (TPSA) is 4.93 Å². The molecule has 1 nitrogen and oxygen atoms in total. The van der Waals surface area contributed by atoms with Crippen molar-refractivity contribution >= 4 is 10.9 Å². The summed E-state index contributed by atoms with van der Waals surface area (Å²) in [5, 5.41) is 0.960. The second-order valence-electron chi connectivity index (χ2n) is 4.68. The minimum absolute atomic E-state index is 0.193. The van der Waals surface area contributed by atoms with Gasteiger partial charge in [0.2, 0.25) is 0 Å². The predicted molar refractivity (Wildman–Crippen MR) is 73.1 cm³/mol. The van der Waals surface area contributed by atoms with E-state index in [1.165, 1.54) is 11.6 Å². The summed E-state index contributed by atoms with van der Waals surface area (Å²) >= 11 is 0. The molecule has 0 aliphatic heterocycles. The van der Waals surface area contributed by atoms with Crippen molar-refractivity contribution in [3.63, 3.8) is 0 Å². The van der Waals surface area contributed by atoms with Gasteiger partial charge in [-0.25, -0.2) is 4.39 Å². The number of fused-ring (bicyclic) bond motifs is 1. The highest BCUT2D eigenvalue weighted by molar-refractivity contribution is 5.96. The molecule has 0 N–H and O–H groups in total. The lowest BCUT2D eigenvalue weighted by Gasteiger charge is -2.00. The van der Waals surface area contributed by atoms with E-state index in [-0.39, 0.29) is 5.82 Å². The molecule has 3 aromatic rings. The number of aryl methyl sites for hydroxylation is 2.